The second kappa shape index (κ2) is 10.0. The molecule has 0 N–H and O–H groups in total. The minimum atomic E-state index is -0.600. The molecular formula is C23H32N2O6. The van der Waals surface area contributed by atoms with Gasteiger partial charge in [0.15, 0.2) is 18.1 Å². The summed E-state index contributed by atoms with van der Waals surface area (Å²) in [6, 6.07) is 5.29. The molecule has 2 aliphatic rings. The smallest absolute Gasteiger partial charge is 0.311 e. The Morgan fingerprint density at radius 3 is 2.39 bits per heavy atom. The Labute approximate surface area is 183 Å². The fourth-order valence-electron chi connectivity index (χ4n) is 3.82. The summed E-state index contributed by atoms with van der Waals surface area (Å²) in [5.74, 6) is 0.394. The average molecular weight is 433 g/mol. The van der Waals surface area contributed by atoms with Crippen LogP contribution in [0.4, 0.5) is 5.69 Å². The minimum Gasteiger partial charge on any atom is -0.486 e. The van der Waals surface area contributed by atoms with E-state index in [1.807, 2.05) is 27.7 Å². The van der Waals surface area contributed by atoms with Gasteiger partial charge >= 0.3 is 5.97 Å². The minimum absolute atomic E-state index is 0.0587. The van der Waals surface area contributed by atoms with Gasteiger partial charge in [-0.05, 0) is 24.0 Å². The van der Waals surface area contributed by atoms with Gasteiger partial charge in [0.25, 0.3) is 5.91 Å². The maximum atomic E-state index is 12.6. The molecule has 0 unspecified atom stereocenters. The number of esters is 1. The van der Waals surface area contributed by atoms with Crippen LogP contribution in [0.25, 0.3) is 0 Å². The highest BCUT2D eigenvalue weighted by molar-refractivity contribution is 6.00. The Morgan fingerprint density at radius 1 is 1.10 bits per heavy atom. The number of hydrogen-bond acceptors (Lipinski definition) is 6. The first-order chi connectivity index (χ1) is 14.7. The van der Waals surface area contributed by atoms with E-state index in [0.29, 0.717) is 55.3 Å². The predicted octanol–water partition coefficient (Wildman–Crippen LogP) is 2.49. The molecule has 8 nitrogen and oxygen atoms in total. The van der Waals surface area contributed by atoms with Crippen LogP contribution in [0.3, 0.4) is 0 Å². The molecule has 1 saturated heterocycles. The fourth-order valence-corrected chi connectivity index (χ4v) is 3.82. The molecule has 2 amide bonds. The first-order valence-electron chi connectivity index (χ1n) is 10.9. The highest BCUT2D eigenvalue weighted by atomic mass is 16.6. The largest absolute Gasteiger partial charge is 0.486 e. The van der Waals surface area contributed by atoms with Crippen molar-refractivity contribution < 1.29 is 28.6 Å². The number of amides is 2. The highest BCUT2D eigenvalue weighted by Crippen LogP contribution is 2.36. The van der Waals surface area contributed by atoms with Crippen molar-refractivity contribution in [3.63, 3.8) is 0 Å². The molecular weight excluding hydrogens is 400 g/mol. The molecule has 0 saturated carbocycles. The molecule has 0 radical (unpaired) electrons. The third-order valence-corrected chi connectivity index (χ3v) is 5.16. The summed E-state index contributed by atoms with van der Waals surface area (Å²) in [6.45, 7) is 10.3. The Bertz CT molecular complexity index is 812. The molecule has 2 aliphatic heterocycles. The van der Waals surface area contributed by atoms with Crippen LogP contribution in [0.2, 0.25) is 0 Å². The van der Waals surface area contributed by atoms with Crippen molar-refractivity contribution in [3.05, 3.63) is 18.2 Å². The molecule has 0 bridgehead atoms. The van der Waals surface area contributed by atoms with Gasteiger partial charge in [0.1, 0.15) is 13.2 Å². The quantitative estimate of drug-likeness (QED) is 0.587. The monoisotopic (exact) mass is 432 g/mol. The van der Waals surface area contributed by atoms with Crippen molar-refractivity contribution in [2.24, 2.45) is 17.8 Å². The summed E-state index contributed by atoms with van der Waals surface area (Å²) in [4.78, 5) is 40.9. The lowest BCUT2D eigenvalue weighted by atomic mass is 10.1. The van der Waals surface area contributed by atoms with Gasteiger partial charge in [-0.1, -0.05) is 27.7 Å². The third kappa shape index (κ3) is 5.89. The highest BCUT2D eigenvalue weighted by Gasteiger charge is 2.37. The lowest BCUT2D eigenvalue weighted by molar-refractivity contribution is -0.155. The standard InChI is InChI=1S/C23H32N2O6/c1-15(2)11-24(12-16(3)4)22(27)14-31-23(28)17-9-21(26)25(13-17)18-5-6-19-20(10-18)30-8-7-29-19/h5-6,10,15-17H,7-9,11-14H2,1-4H3/t17-/m1/s1. The molecule has 31 heavy (non-hydrogen) atoms. The number of nitrogens with zero attached hydrogens (tertiary/aromatic N) is 2. The average Bonchev–Trinajstić information content (AvgIpc) is 3.12. The molecule has 1 atom stereocenters. The van der Waals surface area contributed by atoms with Crippen LogP contribution in [0.1, 0.15) is 34.1 Å². The molecule has 0 spiro atoms. The molecule has 170 valence electrons. The summed E-state index contributed by atoms with van der Waals surface area (Å²) in [5, 5.41) is 0. The van der Waals surface area contributed by atoms with E-state index in [1.54, 1.807) is 28.0 Å². The number of benzene rings is 1. The van der Waals surface area contributed by atoms with Gasteiger partial charge in [0.05, 0.1) is 5.92 Å². The van der Waals surface area contributed by atoms with E-state index >= 15 is 0 Å². The number of carbonyl (C=O) groups is 3. The van der Waals surface area contributed by atoms with Crippen molar-refractivity contribution in [1.29, 1.82) is 0 Å². The number of anilines is 1. The van der Waals surface area contributed by atoms with Crippen molar-refractivity contribution in [2.75, 3.05) is 44.4 Å². The zero-order valence-electron chi connectivity index (χ0n) is 18.8. The van der Waals surface area contributed by atoms with Crippen molar-refractivity contribution in [3.8, 4) is 11.5 Å². The maximum absolute atomic E-state index is 12.6. The zero-order chi connectivity index (χ0) is 22.5. The summed E-state index contributed by atoms with van der Waals surface area (Å²) in [5.41, 5.74) is 0.653. The van der Waals surface area contributed by atoms with Gasteiger partial charge in [-0.15, -0.1) is 0 Å². The molecule has 0 aliphatic carbocycles. The van der Waals surface area contributed by atoms with Crippen LogP contribution in [0.15, 0.2) is 18.2 Å². The van der Waals surface area contributed by atoms with E-state index in [2.05, 4.69) is 0 Å². The Morgan fingerprint density at radius 2 is 1.74 bits per heavy atom. The third-order valence-electron chi connectivity index (χ3n) is 5.16. The van der Waals surface area contributed by atoms with Crippen LogP contribution >= 0.6 is 0 Å². The number of rotatable bonds is 8. The van der Waals surface area contributed by atoms with Crippen LogP contribution in [0.5, 0.6) is 11.5 Å². The van der Waals surface area contributed by atoms with Crippen LogP contribution in [0, 0.1) is 17.8 Å². The fraction of sp³-hybridized carbons (Fsp3) is 0.609. The topological polar surface area (TPSA) is 85.4 Å². The van der Waals surface area contributed by atoms with Gasteiger partial charge in [-0.2, -0.15) is 0 Å². The number of carbonyl (C=O) groups excluding carboxylic acids is 3. The lowest BCUT2D eigenvalue weighted by Crippen LogP contribution is -2.40. The van der Waals surface area contributed by atoms with Crippen molar-refractivity contribution >= 4 is 23.5 Å². The van der Waals surface area contributed by atoms with Gasteiger partial charge in [-0.3, -0.25) is 14.4 Å². The van der Waals surface area contributed by atoms with Gasteiger partial charge in [-0.25, -0.2) is 0 Å². The summed E-state index contributed by atoms with van der Waals surface area (Å²) < 4.78 is 16.4. The predicted molar refractivity (Wildman–Crippen MR) is 115 cm³/mol. The maximum Gasteiger partial charge on any atom is 0.311 e. The lowest BCUT2D eigenvalue weighted by Gasteiger charge is -2.26. The molecule has 2 heterocycles. The van der Waals surface area contributed by atoms with E-state index in [4.69, 9.17) is 14.2 Å². The number of ether oxygens (including phenoxy) is 3. The van der Waals surface area contributed by atoms with E-state index < -0.39 is 11.9 Å². The summed E-state index contributed by atoms with van der Waals surface area (Å²) in [7, 11) is 0. The van der Waals surface area contributed by atoms with Gasteiger partial charge in [0, 0.05) is 37.8 Å². The van der Waals surface area contributed by atoms with Crippen LogP contribution in [-0.4, -0.2) is 62.1 Å². The first-order valence-corrected chi connectivity index (χ1v) is 10.9. The van der Waals surface area contributed by atoms with Crippen molar-refractivity contribution in [2.45, 2.75) is 34.1 Å². The molecule has 1 fully saturated rings. The summed E-state index contributed by atoms with van der Waals surface area (Å²) >= 11 is 0. The van der Waals surface area contributed by atoms with Crippen LogP contribution in [-0.2, 0) is 19.1 Å². The zero-order valence-corrected chi connectivity index (χ0v) is 18.8. The van der Waals surface area contributed by atoms with Gasteiger partial charge < -0.3 is 24.0 Å². The first kappa shape index (κ1) is 22.9. The molecule has 3 rings (SSSR count). The number of hydrogen-bond donors (Lipinski definition) is 0. The van der Waals surface area contributed by atoms with E-state index in [1.165, 1.54) is 0 Å². The van der Waals surface area contributed by atoms with E-state index in [9.17, 15) is 14.4 Å². The normalized spacial score (nSPS) is 17.9. The Kier molecular flexibility index (Phi) is 7.41. The summed E-state index contributed by atoms with van der Waals surface area (Å²) in [6.07, 6.45) is 0.0587. The molecule has 1 aromatic rings. The molecule has 0 aromatic heterocycles. The van der Waals surface area contributed by atoms with E-state index in [0.717, 1.165) is 0 Å². The van der Waals surface area contributed by atoms with Crippen molar-refractivity contribution in [1.82, 2.24) is 4.90 Å². The Balaban J connectivity index is 1.57. The second-order valence-electron chi connectivity index (χ2n) is 8.93. The van der Waals surface area contributed by atoms with Gasteiger partial charge in [0.2, 0.25) is 5.91 Å². The SMILES string of the molecule is CC(C)CN(CC(C)C)C(=O)COC(=O)[C@@H]1CC(=O)N(c2ccc3c(c2)OCCO3)C1. The second-order valence-corrected chi connectivity index (χ2v) is 8.93. The molecule has 1 aromatic carbocycles. The van der Waals surface area contributed by atoms with Crippen LogP contribution < -0.4 is 14.4 Å². The Hall–Kier alpha value is -2.77. The number of fused-ring (bicyclic) bond motifs is 1. The molecule has 8 heteroatoms. The van der Waals surface area contributed by atoms with E-state index in [-0.39, 0.29) is 31.4 Å².